The van der Waals surface area contributed by atoms with Crippen molar-refractivity contribution in [1.82, 2.24) is 15.5 Å². The van der Waals surface area contributed by atoms with Gasteiger partial charge in [-0.2, -0.15) is 0 Å². The zero-order chi connectivity index (χ0) is 15.5. The van der Waals surface area contributed by atoms with E-state index in [0.717, 1.165) is 32.1 Å². The molecule has 0 aromatic rings. The van der Waals surface area contributed by atoms with Gasteiger partial charge in [0, 0.05) is 39.9 Å². The molecule has 0 atom stereocenters. The Morgan fingerprint density at radius 1 is 1.32 bits per heavy atom. The molecule has 0 aromatic heterocycles. The van der Waals surface area contributed by atoms with Crippen molar-refractivity contribution in [3.63, 3.8) is 0 Å². The Morgan fingerprint density at radius 2 is 2.00 bits per heavy atom. The fourth-order valence-corrected chi connectivity index (χ4v) is 2.23. The first kappa shape index (κ1) is 21.4. The molecule has 22 heavy (non-hydrogen) atoms. The van der Waals surface area contributed by atoms with E-state index in [0.29, 0.717) is 6.04 Å². The molecule has 0 heterocycles. The largest absolute Gasteiger partial charge is 0.382 e. The molecule has 7 heteroatoms. The number of guanidine groups is 1. The number of nitrogens with zero attached hydrogens (tertiary/aromatic N) is 2. The highest BCUT2D eigenvalue weighted by Crippen LogP contribution is 2.17. The van der Waals surface area contributed by atoms with E-state index in [1.807, 2.05) is 6.92 Å². The number of carbonyl (C=O) groups excluding carboxylic acids is 1. The third-order valence-electron chi connectivity index (χ3n) is 3.53. The molecular weight excluding hydrogens is 395 g/mol. The molecule has 0 aliphatic heterocycles. The van der Waals surface area contributed by atoms with Gasteiger partial charge < -0.3 is 20.3 Å². The molecule has 2 N–H and O–H groups in total. The van der Waals surface area contributed by atoms with Crippen LogP contribution in [0.5, 0.6) is 0 Å². The van der Waals surface area contributed by atoms with E-state index >= 15 is 0 Å². The molecule has 0 saturated heterocycles. The number of ether oxygens (including phenoxy) is 1. The van der Waals surface area contributed by atoms with Crippen LogP contribution in [0, 0.1) is 0 Å². The summed E-state index contributed by atoms with van der Waals surface area (Å²) in [6.45, 7) is 4.47. The van der Waals surface area contributed by atoms with Crippen molar-refractivity contribution < 1.29 is 9.53 Å². The van der Waals surface area contributed by atoms with Gasteiger partial charge in [0.15, 0.2) is 5.96 Å². The maximum atomic E-state index is 11.6. The van der Waals surface area contributed by atoms with Gasteiger partial charge in [-0.15, -0.1) is 24.0 Å². The van der Waals surface area contributed by atoms with Crippen molar-refractivity contribution in [3.05, 3.63) is 0 Å². The van der Waals surface area contributed by atoms with Gasteiger partial charge in [-0.25, -0.2) is 4.99 Å². The molecule has 1 aliphatic carbocycles. The molecule has 0 unspecified atom stereocenters. The third kappa shape index (κ3) is 9.45. The molecule has 1 saturated carbocycles. The minimum Gasteiger partial charge on any atom is -0.382 e. The first-order chi connectivity index (χ1) is 10.1. The fourth-order valence-electron chi connectivity index (χ4n) is 2.23. The zero-order valence-electron chi connectivity index (χ0n) is 14.1. The van der Waals surface area contributed by atoms with Crippen LogP contribution in [0.3, 0.4) is 0 Å². The summed E-state index contributed by atoms with van der Waals surface area (Å²) in [5.41, 5.74) is 0. The molecular formula is C15H31IN4O2. The van der Waals surface area contributed by atoms with Crippen LogP contribution in [0.1, 0.15) is 39.0 Å². The Morgan fingerprint density at radius 3 is 2.59 bits per heavy atom. The maximum absolute atomic E-state index is 11.6. The van der Waals surface area contributed by atoms with Gasteiger partial charge in [-0.3, -0.25) is 4.79 Å². The Balaban J connectivity index is 0.00000441. The highest BCUT2D eigenvalue weighted by atomic mass is 127. The SMILES string of the molecule is CCOCCCNC(=NCC(=O)N(C)C)NC1CCCC1.I. The van der Waals surface area contributed by atoms with Crippen LogP contribution < -0.4 is 10.6 Å². The summed E-state index contributed by atoms with van der Waals surface area (Å²) in [5.74, 6) is 0.755. The van der Waals surface area contributed by atoms with E-state index in [9.17, 15) is 4.79 Å². The minimum absolute atomic E-state index is 0. The van der Waals surface area contributed by atoms with Crippen molar-refractivity contribution in [2.45, 2.75) is 45.1 Å². The molecule has 1 amide bonds. The van der Waals surface area contributed by atoms with Gasteiger partial charge in [-0.05, 0) is 26.2 Å². The average molecular weight is 426 g/mol. The number of likely N-dealkylation sites (N-methyl/N-ethyl adjacent to an activating group) is 1. The minimum atomic E-state index is 0. The Hall–Kier alpha value is -0.570. The normalized spacial score (nSPS) is 15.3. The highest BCUT2D eigenvalue weighted by molar-refractivity contribution is 14.0. The van der Waals surface area contributed by atoms with Gasteiger partial charge in [-0.1, -0.05) is 12.8 Å². The fraction of sp³-hybridized carbons (Fsp3) is 0.867. The van der Waals surface area contributed by atoms with E-state index in [1.54, 1.807) is 19.0 Å². The van der Waals surface area contributed by atoms with Crippen LogP contribution in [-0.2, 0) is 9.53 Å². The number of aliphatic imine (C=N–C) groups is 1. The van der Waals surface area contributed by atoms with Crippen LogP contribution in [0.15, 0.2) is 4.99 Å². The second-order valence-electron chi connectivity index (χ2n) is 5.56. The third-order valence-corrected chi connectivity index (χ3v) is 3.53. The van der Waals surface area contributed by atoms with Gasteiger partial charge in [0.1, 0.15) is 6.54 Å². The van der Waals surface area contributed by atoms with E-state index < -0.39 is 0 Å². The molecule has 1 fully saturated rings. The molecule has 0 bridgehead atoms. The molecule has 130 valence electrons. The maximum Gasteiger partial charge on any atom is 0.243 e. The lowest BCUT2D eigenvalue weighted by Gasteiger charge is -2.18. The lowest BCUT2D eigenvalue weighted by molar-refractivity contribution is -0.127. The molecule has 1 aliphatic rings. The van der Waals surface area contributed by atoms with E-state index in [4.69, 9.17) is 4.74 Å². The predicted molar refractivity (Wildman–Crippen MR) is 101 cm³/mol. The van der Waals surface area contributed by atoms with Gasteiger partial charge in [0.05, 0.1) is 0 Å². The molecule has 0 radical (unpaired) electrons. The Kier molecular flexibility index (Phi) is 12.6. The van der Waals surface area contributed by atoms with Crippen molar-refractivity contribution in [2.75, 3.05) is 40.4 Å². The zero-order valence-corrected chi connectivity index (χ0v) is 16.4. The summed E-state index contributed by atoms with van der Waals surface area (Å²) in [4.78, 5) is 17.6. The van der Waals surface area contributed by atoms with E-state index in [1.165, 1.54) is 25.7 Å². The summed E-state index contributed by atoms with van der Waals surface area (Å²) in [6, 6.07) is 0.484. The first-order valence-corrected chi connectivity index (χ1v) is 7.96. The number of nitrogens with one attached hydrogen (secondary N) is 2. The van der Waals surface area contributed by atoms with E-state index in [-0.39, 0.29) is 36.4 Å². The number of hydrogen-bond acceptors (Lipinski definition) is 3. The number of halogens is 1. The van der Waals surface area contributed by atoms with Crippen LogP contribution in [0.4, 0.5) is 0 Å². The summed E-state index contributed by atoms with van der Waals surface area (Å²) in [5, 5.41) is 6.72. The van der Waals surface area contributed by atoms with E-state index in [2.05, 4.69) is 15.6 Å². The van der Waals surface area contributed by atoms with Crippen LogP contribution in [0.2, 0.25) is 0 Å². The second kappa shape index (κ2) is 12.9. The van der Waals surface area contributed by atoms with Crippen molar-refractivity contribution in [1.29, 1.82) is 0 Å². The monoisotopic (exact) mass is 426 g/mol. The quantitative estimate of drug-likeness (QED) is 0.268. The average Bonchev–Trinajstić information content (AvgIpc) is 2.96. The van der Waals surface area contributed by atoms with Gasteiger partial charge in [0.2, 0.25) is 5.91 Å². The predicted octanol–water partition coefficient (Wildman–Crippen LogP) is 1.60. The van der Waals surface area contributed by atoms with Crippen molar-refractivity contribution in [3.8, 4) is 0 Å². The number of carbonyl (C=O) groups is 1. The summed E-state index contributed by atoms with van der Waals surface area (Å²) < 4.78 is 5.32. The number of rotatable bonds is 8. The smallest absolute Gasteiger partial charge is 0.243 e. The van der Waals surface area contributed by atoms with Crippen LogP contribution in [0.25, 0.3) is 0 Å². The lowest BCUT2D eigenvalue weighted by Crippen LogP contribution is -2.43. The summed E-state index contributed by atoms with van der Waals surface area (Å²) >= 11 is 0. The summed E-state index contributed by atoms with van der Waals surface area (Å²) in [7, 11) is 3.49. The molecule has 0 spiro atoms. The highest BCUT2D eigenvalue weighted by Gasteiger charge is 2.16. The first-order valence-electron chi connectivity index (χ1n) is 7.96. The van der Waals surface area contributed by atoms with Crippen LogP contribution in [-0.4, -0.2) is 63.2 Å². The molecule has 0 aromatic carbocycles. The number of hydrogen-bond donors (Lipinski definition) is 2. The van der Waals surface area contributed by atoms with Gasteiger partial charge >= 0.3 is 0 Å². The number of amides is 1. The Bertz CT molecular complexity index is 332. The van der Waals surface area contributed by atoms with Gasteiger partial charge in [0.25, 0.3) is 0 Å². The van der Waals surface area contributed by atoms with Crippen LogP contribution >= 0.6 is 24.0 Å². The standard InChI is InChI=1S/C15H30N4O2.HI/c1-4-21-11-7-10-16-15(17-12-14(20)19(2)3)18-13-8-5-6-9-13;/h13H,4-12H2,1-3H3,(H2,16,17,18);1H. The van der Waals surface area contributed by atoms with Crippen molar-refractivity contribution in [2.24, 2.45) is 4.99 Å². The topological polar surface area (TPSA) is 66.0 Å². The lowest BCUT2D eigenvalue weighted by atomic mass is 10.2. The second-order valence-corrected chi connectivity index (χ2v) is 5.56. The molecule has 6 nitrogen and oxygen atoms in total. The Labute approximate surface area is 151 Å². The summed E-state index contributed by atoms with van der Waals surface area (Å²) in [6.07, 6.45) is 5.83. The molecule has 1 rings (SSSR count). The van der Waals surface area contributed by atoms with Crippen molar-refractivity contribution >= 4 is 35.8 Å².